The molecule has 0 N–H and O–H groups in total. The smallest absolute Gasteiger partial charge is 0.136 e. The van der Waals surface area contributed by atoms with Gasteiger partial charge in [0.2, 0.25) is 0 Å². The average molecular weight is 238 g/mol. The first kappa shape index (κ1) is 13.1. The summed E-state index contributed by atoms with van der Waals surface area (Å²) in [5, 5.41) is 0. The molecule has 0 atom stereocenters. The first-order valence-electron chi connectivity index (χ1n) is 7.17. The van der Waals surface area contributed by atoms with Gasteiger partial charge in [-0.25, -0.2) is 0 Å². The molecule has 0 aromatic heterocycles. The molecule has 0 bridgehead atoms. The van der Waals surface area contributed by atoms with Crippen molar-refractivity contribution in [1.82, 2.24) is 0 Å². The number of carbonyl (C=O) groups excluding carboxylic acids is 1. The topological polar surface area (TPSA) is 26.3 Å². The summed E-state index contributed by atoms with van der Waals surface area (Å²) in [6, 6.07) is 0. The summed E-state index contributed by atoms with van der Waals surface area (Å²) in [5.74, 6) is 1.50. The summed E-state index contributed by atoms with van der Waals surface area (Å²) in [5.41, 5.74) is 0.468. The van der Waals surface area contributed by atoms with E-state index in [1.807, 2.05) is 0 Å². The van der Waals surface area contributed by atoms with Gasteiger partial charge in [0.15, 0.2) is 0 Å². The van der Waals surface area contributed by atoms with E-state index < -0.39 is 0 Å². The highest BCUT2D eigenvalue weighted by Crippen LogP contribution is 2.39. The zero-order valence-electron chi connectivity index (χ0n) is 11.3. The minimum Gasteiger partial charge on any atom is -0.381 e. The largest absolute Gasteiger partial charge is 0.381 e. The van der Waals surface area contributed by atoms with Crippen molar-refractivity contribution in [2.75, 3.05) is 13.2 Å². The van der Waals surface area contributed by atoms with Crippen molar-refractivity contribution in [2.24, 2.45) is 17.3 Å². The van der Waals surface area contributed by atoms with Crippen LogP contribution in [0.1, 0.15) is 58.8 Å². The van der Waals surface area contributed by atoms with E-state index in [-0.39, 0.29) is 0 Å². The van der Waals surface area contributed by atoms with Crippen LogP contribution in [0, 0.1) is 17.3 Å². The van der Waals surface area contributed by atoms with E-state index in [0.717, 1.165) is 45.3 Å². The minimum absolute atomic E-state index is 0.367. The summed E-state index contributed by atoms with van der Waals surface area (Å²) >= 11 is 0. The van der Waals surface area contributed by atoms with Gasteiger partial charge in [0.05, 0.1) is 0 Å². The molecule has 1 heterocycles. The van der Waals surface area contributed by atoms with E-state index in [1.165, 1.54) is 12.8 Å². The third-order valence-electron chi connectivity index (χ3n) is 4.63. The van der Waals surface area contributed by atoms with E-state index in [1.54, 1.807) is 0 Å². The Hall–Kier alpha value is -0.370. The normalized spacial score (nSPS) is 26.9. The maximum Gasteiger partial charge on any atom is 0.136 e. The highest BCUT2D eigenvalue weighted by atomic mass is 16.5. The molecule has 0 aromatic carbocycles. The molecule has 2 nitrogen and oxygen atoms in total. The third-order valence-corrected chi connectivity index (χ3v) is 4.63. The van der Waals surface area contributed by atoms with Gasteiger partial charge in [0, 0.05) is 25.6 Å². The summed E-state index contributed by atoms with van der Waals surface area (Å²) in [4.78, 5) is 12.2. The van der Waals surface area contributed by atoms with Gasteiger partial charge in [-0.3, -0.25) is 4.79 Å². The number of Topliss-reactive ketones (excluding diaryl/α,β-unsaturated/α-hetero) is 1. The van der Waals surface area contributed by atoms with Crippen molar-refractivity contribution in [2.45, 2.75) is 58.8 Å². The molecule has 1 aliphatic heterocycles. The van der Waals surface area contributed by atoms with Crippen molar-refractivity contribution < 1.29 is 9.53 Å². The van der Waals surface area contributed by atoms with Gasteiger partial charge in [-0.15, -0.1) is 0 Å². The lowest BCUT2D eigenvalue weighted by Gasteiger charge is -2.34. The highest BCUT2D eigenvalue weighted by molar-refractivity contribution is 5.81. The lowest BCUT2D eigenvalue weighted by Crippen LogP contribution is -2.28. The second-order valence-electron chi connectivity index (χ2n) is 6.66. The minimum atomic E-state index is 0.367. The Kier molecular flexibility index (Phi) is 4.24. The van der Waals surface area contributed by atoms with Crippen LogP contribution in [0.15, 0.2) is 0 Å². The Morgan fingerprint density at radius 2 is 1.71 bits per heavy atom. The van der Waals surface area contributed by atoms with Gasteiger partial charge < -0.3 is 4.74 Å². The highest BCUT2D eigenvalue weighted by Gasteiger charge is 2.31. The Balaban J connectivity index is 1.76. The molecule has 0 unspecified atom stereocenters. The van der Waals surface area contributed by atoms with Gasteiger partial charge >= 0.3 is 0 Å². The van der Waals surface area contributed by atoms with Crippen LogP contribution in [0.5, 0.6) is 0 Å². The molecule has 0 spiro atoms. The Bertz CT molecular complexity index is 254. The van der Waals surface area contributed by atoms with Gasteiger partial charge in [-0.2, -0.15) is 0 Å². The first-order valence-corrected chi connectivity index (χ1v) is 7.17. The molecule has 17 heavy (non-hydrogen) atoms. The number of ether oxygens (including phenoxy) is 1. The fraction of sp³-hybridized carbons (Fsp3) is 0.933. The number of hydrogen-bond acceptors (Lipinski definition) is 2. The zero-order valence-corrected chi connectivity index (χ0v) is 11.3. The van der Waals surface area contributed by atoms with Crippen LogP contribution < -0.4 is 0 Å². The quantitative estimate of drug-likeness (QED) is 0.751. The molecular weight excluding hydrogens is 212 g/mol. The van der Waals surface area contributed by atoms with Crippen molar-refractivity contribution in [3.8, 4) is 0 Å². The number of ketones is 1. The Labute approximate surface area is 105 Å². The van der Waals surface area contributed by atoms with Crippen LogP contribution in [-0.4, -0.2) is 19.0 Å². The van der Waals surface area contributed by atoms with E-state index in [0.29, 0.717) is 23.0 Å². The van der Waals surface area contributed by atoms with Gasteiger partial charge in [-0.1, -0.05) is 13.8 Å². The zero-order chi connectivity index (χ0) is 12.3. The Morgan fingerprint density at radius 3 is 2.29 bits per heavy atom. The fourth-order valence-electron chi connectivity index (χ4n) is 3.12. The van der Waals surface area contributed by atoms with Crippen LogP contribution in [0.3, 0.4) is 0 Å². The molecular formula is C15H26O2. The second-order valence-corrected chi connectivity index (χ2v) is 6.66. The number of rotatable bonds is 3. The molecule has 0 radical (unpaired) electrons. The van der Waals surface area contributed by atoms with E-state index in [9.17, 15) is 4.79 Å². The van der Waals surface area contributed by atoms with Crippen LogP contribution >= 0.6 is 0 Å². The molecule has 0 aromatic rings. The van der Waals surface area contributed by atoms with Crippen molar-refractivity contribution in [3.05, 3.63) is 0 Å². The maximum absolute atomic E-state index is 12.2. The lowest BCUT2D eigenvalue weighted by atomic mass is 9.71. The molecule has 0 amide bonds. The standard InChI is InChI=1S/C15H26O2/c1-15(2)7-3-13(4-8-15)14(16)11-12-5-9-17-10-6-12/h12-13H,3-11H2,1-2H3. The molecule has 2 heteroatoms. The van der Waals surface area contributed by atoms with Crippen LogP contribution in [-0.2, 0) is 9.53 Å². The third kappa shape index (κ3) is 3.80. The summed E-state index contributed by atoms with van der Waals surface area (Å²) in [7, 11) is 0. The molecule has 98 valence electrons. The molecule has 2 rings (SSSR count). The number of carbonyl (C=O) groups is 1. The van der Waals surface area contributed by atoms with E-state index in [4.69, 9.17) is 4.74 Å². The first-order chi connectivity index (χ1) is 8.07. The summed E-state index contributed by atoms with van der Waals surface area (Å²) < 4.78 is 5.34. The lowest BCUT2D eigenvalue weighted by molar-refractivity contribution is -0.126. The molecule has 2 aliphatic rings. The van der Waals surface area contributed by atoms with Crippen molar-refractivity contribution >= 4 is 5.78 Å². The maximum atomic E-state index is 12.2. The predicted octanol–water partition coefficient (Wildman–Crippen LogP) is 3.59. The molecule has 1 saturated heterocycles. The van der Waals surface area contributed by atoms with Crippen LogP contribution in [0.25, 0.3) is 0 Å². The van der Waals surface area contributed by atoms with Crippen LogP contribution in [0.2, 0.25) is 0 Å². The second kappa shape index (κ2) is 5.51. The summed E-state index contributed by atoms with van der Waals surface area (Å²) in [6.07, 6.45) is 7.67. The van der Waals surface area contributed by atoms with Crippen molar-refractivity contribution in [3.63, 3.8) is 0 Å². The van der Waals surface area contributed by atoms with E-state index in [2.05, 4.69) is 13.8 Å². The fourth-order valence-corrected chi connectivity index (χ4v) is 3.12. The molecule has 1 saturated carbocycles. The van der Waals surface area contributed by atoms with Gasteiger partial charge in [0.1, 0.15) is 5.78 Å². The van der Waals surface area contributed by atoms with Gasteiger partial charge in [0.25, 0.3) is 0 Å². The SMILES string of the molecule is CC1(C)CCC(C(=O)CC2CCOCC2)CC1. The molecule has 2 fully saturated rings. The van der Waals surface area contributed by atoms with E-state index >= 15 is 0 Å². The van der Waals surface area contributed by atoms with Crippen molar-refractivity contribution in [1.29, 1.82) is 0 Å². The van der Waals surface area contributed by atoms with Crippen LogP contribution in [0.4, 0.5) is 0 Å². The number of hydrogen-bond donors (Lipinski definition) is 0. The predicted molar refractivity (Wildman–Crippen MR) is 68.9 cm³/mol. The monoisotopic (exact) mass is 238 g/mol. The average Bonchev–Trinajstić information content (AvgIpc) is 2.30. The Morgan fingerprint density at radius 1 is 1.12 bits per heavy atom. The molecule has 1 aliphatic carbocycles. The van der Waals surface area contributed by atoms with Gasteiger partial charge in [-0.05, 0) is 49.9 Å². The summed E-state index contributed by atoms with van der Waals surface area (Å²) in [6.45, 7) is 6.36.